The van der Waals surface area contributed by atoms with E-state index < -0.39 is 5.97 Å². The second-order valence-electron chi connectivity index (χ2n) is 4.40. The van der Waals surface area contributed by atoms with Gasteiger partial charge in [-0.1, -0.05) is 12.1 Å². The minimum atomic E-state index is -1.00. The molecule has 1 aliphatic rings. The zero-order chi connectivity index (χ0) is 13.0. The topological polar surface area (TPSA) is 66.4 Å². The third-order valence-electron chi connectivity index (χ3n) is 3.01. The van der Waals surface area contributed by atoms with Gasteiger partial charge in [-0.3, -0.25) is 4.79 Å². The fourth-order valence-corrected chi connectivity index (χ4v) is 1.77. The van der Waals surface area contributed by atoms with Crippen LogP contribution in [0.15, 0.2) is 30.3 Å². The Morgan fingerprint density at radius 2 is 2.11 bits per heavy atom. The molecule has 4 heteroatoms. The number of nitrogens with one attached hydrogen (secondary N) is 1. The molecule has 1 saturated carbocycles. The van der Waals surface area contributed by atoms with Crippen LogP contribution >= 0.6 is 0 Å². The van der Waals surface area contributed by atoms with Crippen LogP contribution in [0.4, 0.5) is 0 Å². The summed E-state index contributed by atoms with van der Waals surface area (Å²) < 4.78 is 0. The molecule has 2 rings (SSSR count). The van der Waals surface area contributed by atoms with Crippen molar-refractivity contribution in [2.24, 2.45) is 0 Å². The monoisotopic (exact) mass is 245 g/mol. The molecule has 94 valence electrons. The highest BCUT2D eigenvalue weighted by atomic mass is 16.4. The molecule has 1 aromatic carbocycles. The van der Waals surface area contributed by atoms with Crippen LogP contribution in [0.1, 0.15) is 35.2 Å². The van der Waals surface area contributed by atoms with Crippen LogP contribution in [0.3, 0.4) is 0 Å². The number of amides is 1. The minimum absolute atomic E-state index is 0.0923. The summed E-state index contributed by atoms with van der Waals surface area (Å²) in [6.07, 6.45) is 5.80. The standard InChI is InChI=1S/C14H15NO3/c16-13(17)8-7-10-3-1-4-11(9-10)14(18)15-12-5-2-6-12/h1,3-4,7-9,12H,2,5-6H2,(H,15,18)(H,16,17). The van der Waals surface area contributed by atoms with Gasteiger partial charge >= 0.3 is 5.97 Å². The molecule has 4 nitrogen and oxygen atoms in total. The first-order valence-corrected chi connectivity index (χ1v) is 5.97. The molecule has 0 bridgehead atoms. The average Bonchev–Trinajstić information content (AvgIpc) is 2.31. The SMILES string of the molecule is O=C(O)C=Cc1cccc(C(=O)NC2CCC2)c1. The lowest BCUT2D eigenvalue weighted by Crippen LogP contribution is -2.39. The quantitative estimate of drug-likeness (QED) is 0.798. The van der Waals surface area contributed by atoms with E-state index in [2.05, 4.69) is 5.32 Å². The van der Waals surface area contributed by atoms with Crippen LogP contribution in [0, 0.1) is 0 Å². The maximum atomic E-state index is 11.9. The fraction of sp³-hybridized carbons (Fsp3) is 0.286. The van der Waals surface area contributed by atoms with E-state index in [0.29, 0.717) is 17.2 Å². The van der Waals surface area contributed by atoms with Crippen LogP contribution in [0.25, 0.3) is 6.08 Å². The van der Waals surface area contributed by atoms with Crippen LogP contribution in [0.2, 0.25) is 0 Å². The number of benzene rings is 1. The molecule has 2 N–H and O–H groups in total. The Labute approximate surface area is 105 Å². The first kappa shape index (κ1) is 12.4. The highest BCUT2D eigenvalue weighted by Gasteiger charge is 2.19. The van der Waals surface area contributed by atoms with E-state index in [-0.39, 0.29) is 5.91 Å². The van der Waals surface area contributed by atoms with Crippen molar-refractivity contribution in [3.8, 4) is 0 Å². The zero-order valence-corrected chi connectivity index (χ0v) is 9.93. The largest absolute Gasteiger partial charge is 0.478 e. The van der Waals surface area contributed by atoms with E-state index in [1.54, 1.807) is 24.3 Å². The molecule has 0 aromatic heterocycles. The molecule has 0 unspecified atom stereocenters. The molecule has 1 amide bonds. The molecule has 0 aliphatic heterocycles. The predicted octanol–water partition coefficient (Wildman–Crippen LogP) is 2.07. The Balaban J connectivity index is 2.05. The lowest BCUT2D eigenvalue weighted by molar-refractivity contribution is -0.131. The summed E-state index contributed by atoms with van der Waals surface area (Å²) >= 11 is 0. The van der Waals surface area contributed by atoms with E-state index >= 15 is 0 Å². The second kappa shape index (κ2) is 5.49. The van der Waals surface area contributed by atoms with Crippen LogP contribution < -0.4 is 5.32 Å². The average molecular weight is 245 g/mol. The summed E-state index contributed by atoms with van der Waals surface area (Å²) in [5, 5.41) is 11.5. The molecular formula is C14H15NO3. The number of rotatable bonds is 4. The fourth-order valence-electron chi connectivity index (χ4n) is 1.77. The predicted molar refractivity (Wildman–Crippen MR) is 68.2 cm³/mol. The highest BCUT2D eigenvalue weighted by molar-refractivity contribution is 5.95. The molecular weight excluding hydrogens is 230 g/mol. The van der Waals surface area contributed by atoms with Crippen molar-refractivity contribution in [3.63, 3.8) is 0 Å². The molecule has 1 fully saturated rings. The van der Waals surface area contributed by atoms with E-state index in [0.717, 1.165) is 18.9 Å². The summed E-state index contributed by atoms with van der Waals surface area (Å²) in [5.74, 6) is -1.09. The van der Waals surface area contributed by atoms with Gasteiger partial charge in [-0.15, -0.1) is 0 Å². The second-order valence-corrected chi connectivity index (χ2v) is 4.40. The van der Waals surface area contributed by atoms with Crippen molar-refractivity contribution in [1.82, 2.24) is 5.32 Å². The first-order valence-electron chi connectivity index (χ1n) is 5.97. The van der Waals surface area contributed by atoms with Crippen LogP contribution in [0.5, 0.6) is 0 Å². The van der Waals surface area contributed by atoms with Crippen LogP contribution in [-0.2, 0) is 4.79 Å². The van der Waals surface area contributed by atoms with Crippen molar-refractivity contribution < 1.29 is 14.7 Å². The number of carboxylic acid groups (broad SMARTS) is 1. The third-order valence-corrected chi connectivity index (χ3v) is 3.01. The Morgan fingerprint density at radius 1 is 1.33 bits per heavy atom. The minimum Gasteiger partial charge on any atom is -0.478 e. The lowest BCUT2D eigenvalue weighted by Gasteiger charge is -2.26. The molecule has 0 atom stereocenters. The van der Waals surface area contributed by atoms with E-state index in [9.17, 15) is 9.59 Å². The van der Waals surface area contributed by atoms with Crippen molar-refractivity contribution in [2.45, 2.75) is 25.3 Å². The van der Waals surface area contributed by atoms with E-state index in [4.69, 9.17) is 5.11 Å². The van der Waals surface area contributed by atoms with Gasteiger partial charge in [-0.25, -0.2) is 4.79 Å². The Hall–Kier alpha value is -2.10. The van der Waals surface area contributed by atoms with E-state index in [1.165, 1.54) is 12.5 Å². The molecule has 0 saturated heterocycles. The summed E-state index contributed by atoms with van der Waals surface area (Å²) in [4.78, 5) is 22.3. The molecule has 0 radical (unpaired) electrons. The van der Waals surface area contributed by atoms with Gasteiger partial charge in [-0.2, -0.15) is 0 Å². The Morgan fingerprint density at radius 3 is 2.72 bits per heavy atom. The van der Waals surface area contributed by atoms with Gasteiger partial charge in [0.15, 0.2) is 0 Å². The number of carbonyl (C=O) groups is 2. The zero-order valence-electron chi connectivity index (χ0n) is 9.93. The van der Waals surface area contributed by atoms with E-state index in [1.807, 2.05) is 0 Å². The Kier molecular flexibility index (Phi) is 3.77. The van der Waals surface area contributed by atoms with Crippen molar-refractivity contribution in [3.05, 3.63) is 41.5 Å². The van der Waals surface area contributed by atoms with Gasteiger partial charge in [0, 0.05) is 17.7 Å². The third kappa shape index (κ3) is 3.20. The summed E-state index contributed by atoms with van der Waals surface area (Å²) in [6, 6.07) is 7.23. The summed E-state index contributed by atoms with van der Waals surface area (Å²) in [7, 11) is 0. The summed E-state index contributed by atoms with van der Waals surface area (Å²) in [6.45, 7) is 0. The number of carbonyl (C=O) groups excluding carboxylic acids is 1. The van der Waals surface area contributed by atoms with Gasteiger partial charge in [-0.05, 0) is 43.0 Å². The van der Waals surface area contributed by atoms with Gasteiger partial charge in [0.1, 0.15) is 0 Å². The molecule has 0 spiro atoms. The number of hydrogen-bond donors (Lipinski definition) is 2. The molecule has 0 heterocycles. The number of carboxylic acids is 1. The van der Waals surface area contributed by atoms with Gasteiger partial charge in [0.2, 0.25) is 0 Å². The molecule has 1 aromatic rings. The Bertz CT molecular complexity index is 490. The van der Waals surface area contributed by atoms with Crippen molar-refractivity contribution in [1.29, 1.82) is 0 Å². The summed E-state index contributed by atoms with van der Waals surface area (Å²) in [5.41, 5.74) is 1.27. The number of aliphatic carboxylic acids is 1. The maximum absolute atomic E-state index is 11.9. The van der Waals surface area contributed by atoms with Gasteiger partial charge in [0.25, 0.3) is 5.91 Å². The van der Waals surface area contributed by atoms with Crippen LogP contribution in [-0.4, -0.2) is 23.0 Å². The highest BCUT2D eigenvalue weighted by Crippen LogP contribution is 2.18. The van der Waals surface area contributed by atoms with Crippen molar-refractivity contribution in [2.75, 3.05) is 0 Å². The molecule has 18 heavy (non-hydrogen) atoms. The first-order chi connectivity index (χ1) is 8.65. The lowest BCUT2D eigenvalue weighted by atomic mass is 9.93. The van der Waals surface area contributed by atoms with Crippen molar-refractivity contribution >= 4 is 18.0 Å². The number of hydrogen-bond acceptors (Lipinski definition) is 2. The maximum Gasteiger partial charge on any atom is 0.328 e. The normalized spacial score (nSPS) is 15.3. The molecule has 1 aliphatic carbocycles. The smallest absolute Gasteiger partial charge is 0.328 e. The van der Waals surface area contributed by atoms with Gasteiger partial charge < -0.3 is 10.4 Å². The van der Waals surface area contributed by atoms with Gasteiger partial charge in [0.05, 0.1) is 0 Å².